The Morgan fingerprint density at radius 2 is 2.33 bits per heavy atom. The minimum atomic E-state index is 0.406. The molecule has 15 heavy (non-hydrogen) atoms. The summed E-state index contributed by atoms with van der Waals surface area (Å²) < 4.78 is 1.94. The lowest BCUT2D eigenvalue weighted by atomic mass is 10.3. The van der Waals surface area contributed by atoms with E-state index < -0.39 is 0 Å². The summed E-state index contributed by atoms with van der Waals surface area (Å²) in [5.74, 6) is 0. The van der Waals surface area contributed by atoms with Crippen molar-refractivity contribution in [1.29, 1.82) is 0 Å². The van der Waals surface area contributed by atoms with E-state index in [4.69, 9.17) is 5.73 Å². The van der Waals surface area contributed by atoms with Gasteiger partial charge < -0.3 is 5.73 Å². The van der Waals surface area contributed by atoms with Gasteiger partial charge in [0.05, 0.1) is 0 Å². The van der Waals surface area contributed by atoms with Crippen molar-refractivity contribution in [2.75, 3.05) is 5.73 Å². The van der Waals surface area contributed by atoms with E-state index in [1.807, 2.05) is 16.9 Å². The van der Waals surface area contributed by atoms with Crippen molar-refractivity contribution in [3.63, 3.8) is 0 Å². The summed E-state index contributed by atoms with van der Waals surface area (Å²) in [7, 11) is 0. The number of hydrogen-bond acceptors (Lipinski definition) is 5. The molecule has 0 unspecified atom stereocenters. The summed E-state index contributed by atoms with van der Waals surface area (Å²) in [4.78, 5) is 0. The first kappa shape index (κ1) is 10.1. The Balaban J connectivity index is 2.27. The standard InChI is InChI=1S/C9H13N5S/c1-3-6(2)14-5-4-7(13-14)8-11-12-9(10)15-8/h4-6H,3H2,1-2H3,(H2,10,12)/t6-/m1/s1. The van der Waals surface area contributed by atoms with Crippen molar-refractivity contribution in [2.24, 2.45) is 0 Å². The van der Waals surface area contributed by atoms with Gasteiger partial charge in [0.2, 0.25) is 5.13 Å². The average Bonchev–Trinajstić information content (AvgIpc) is 2.84. The molecule has 80 valence electrons. The lowest BCUT2D eigenvalue weighted by Crippen LogP contribution is -2.03. The summed E-state index contributed by atoms with van der Waals surface area (Å²) in [6.45, 7) is 4.26. The smallest absolute Gasteiger partial charge is 0.203 e. The SMILES string of the molecule is CC[C@@H](C)n1ccc(-c2nnc(N)s2)n1. The number of nitrogens with two attached hydrogens (primary N) is 1. The highest BCUT2D eigenvalue weighted by Crippen LogP contribution is 2.23. The van der Waals surface area contributed by atoms with Crippen LogP contribution in [-0.2, 0) is 0 Å². The molecule has 0 aliphatic carbocycles. The van der Waals surface area contributed by atoms with Gasteiger partial charge in [0.25, 0.3) is 0 Å². The lowest BCUT2D eigenvalue weighted by molar-refractivity contribution is 0.479. The Morgan fingerprint density at radius 1 is 1.53 bits per heavy atom. The van der Waals surface area contributed by atoms with E-state index in [1.165, 1.54) is 11.3 Å². The second-order valence-electron chi connectivity index (χ2n) is 3.38. The third-order valence-corrected chi connectivity index (χ3v) is 3.09. The van der Waals surface area contributed by atoms with Gasteiger partial charge in [-0.05, 0) is 19.4 Å². The molecule has 2 rings (SSSR count). The van der Waals surface area contributed by atoms with Gasteiger partial charge in [-0.3, -0.25) is 4.68 Å². The molecule has 2 aromatic rings. The number of hydrogen-bond donors (Lipinski definition) is 1. The van der Waals surface area contributed by atoms with Crippen LogP contribution in [-0.4, -0.2) is 20.0 Å². The first-order valence-corrected chi connectivity index (χ1v) is 5.67. The topological polar surface area (TPSA) is 69.6 Å². The molecule has 0 aliphatic rings. The molecule has 0 saturated carbocycles. The second-order valence-corrected chi connectivity index (χ2v) is 4.39. The van der Waals surface area contributed by atoms with Crippen LogP contribution in [0.3, 0.4) is 0 Å². The minimum absolute atomic E-state index is 0.406. The van der Waals surface area contributed by atoms with Crippen LogP contribution in [0.25, 0.3) is 10.7 Å². The fraction of sp³-hybridized carbons (Fsp3) is 0.444. The zero-order valence-corrected chi connectivity index (χ0v) is 9.53. The zero-order chi connectivity index (χ0) is 10.8. The van der Waals surface area contributed by atoms with E-state index in [0.29, 0.717) is 11.2 Å². The molecular weight excluding hydrogens is 210 g/mol. The normalized spacial score (nSPS) is 12.9. The Hall–Kier alpha value is -1.43. The van der Waals surface area contributed by atoms with E-state index in [9.17, 15) is 0 Å². The maximum atomic E-state index is 5.52. The Morgan fingerprint density at radius 3 is 2.93 bits per heavy atom. The van der Waals surface area contributed by atoms with Crippen LogP contribution < -0.4 is 5.73 Å². The number of nitrogens with zero attached hydrogens (tertiary/aromatic N) is 4. The second kappa shape index (κ2) is 3.98. The molecule has 0 amide bonds. The summed E-state index contributed by atoms with van der Waals surface area (Å²) in [6, 6.07) is 2.34. The predicted molar refractivity (Wildman–Crippen MR) is 60.5 cm³/mol. The number of anilines is 1. The van der Waals surface area contributed by atoms with E-state index in [1.54, 1.807) is 0 Å². The molecule has 5 nitrogen and oxygen atoms in total. The van der Waals surface area contributed by atoms with Gasteiger partial charge in [0.15, 0.2) is 5.01 Å². The highest BCUT2D eigenvalue weighted by atomic mass is 32.1. The Labute approximate surface area is 91.9 Å². The zero-order valence-electron chi connectivity index (χ0n) is 8.71. The third kappa shape index (κ3) is 1.99. The van der Waals surface area contributed by atoms with Crippen LogP contribution in [0.15, 0.2) is 12.3 Å². The van der Waals surface area contributed by atoms with Gasteiger partial charge in [0.1, 0.15) is 5.69 Å². The molecule has 6 heteroatoms. The maximum absolute atomic E-state index is 5.52. The van der Waals surface area contributed by atoms with E-state index >= 15 is 0 Å². The molecule has 0 spiro atoms. The molecule has 0 aromatic carbocycles. The first-order valence-electron chi connectivity index (χ1n) is 4.85. The maximum Gasteiger partial charge on any atom is 0.203 e. The van der Waals surface area contributed by atoms with Crippen molar-refractivity contribution in [2.45, 2.75) is 26.3 Å². The highest BCUT2D eigenvalue weighted by Gasteiger charge is 2.09. The summed E-state index contributed by atoms with van der Waals surface area (Å²) in [6.07, 6.45) is 3.01. The molecule has 0 bridgehead atoms. The van der Waals surface area contributed by atoms with Gasteiger partial charge in [-0.25, -0.2) is 0 Å². The largest absolute Gasteiger partial charge is 0.374 e. The average molecular weight is 223 g/mol. The summed E-state index contributed by atoms with van der Waals surface area (Å²) in [5.41, 5.74) is 6.36. The van der Waals surface area contributed by atoms with Crippen LogP contribution in [0.5, 0.6) is 0 Å². The van der Waals surface area contributed by atoms with Crippen molar-refractivity contribution < 1.29 is 0 Å². The predicted octanol–water partition coefficient (Wildman–Crippen LogP) is 1.95. The molecule has 0 aliphatic heterocycles. The van der Waals surface area contributed by atoms with Crippen LogP contribution in [0.2, 0.25) is 0 Å². The van der Waals surface area contributed by atoms with Gasteiger partial charge in [-0.1, -0.05) is 18.3 Å². The van der Waals surface area contributed by atoms with Crippen molar-refractivity contribution in [3.05, 3.63) is 12.3 Å². The Kier molecular flexibility index (Phi) is 2.68. The molecular formula is C9H13N5S. The van der Waals surface area contributed by atoms with Gasteiger partial charge in [-0.2, -0.15) is 5.10 Å². The monoisotopic (exact) mass is 223 g/mol. The third-order valence-electron chi connectivity index (χ3n) is 2.31. The first-order chi connectivity index (χ1) is 7.20. The summed E-state index contributed by atoms with van der Waals surface area (Å²) >= 11 is 1.35. The fourth-order valence-electron chi connectivity index (χ4n) is 1.22. The van der Waals surface area contributed by atoms with Gasteiger partial charge in [0, 0.05) is 12.2 Å². The molecule has 0 fully saturated rings. The van der Waals surface area contributed by atoms with Gasteiger partial charge in [-0.15, -0.1) is 10.2 Å². The number of rotatable bonds is 3. The van der Waals surface area contributed by atoms with Crippen LogP contribution in [0, 0.1) is 0 Å². The Bertz CT molecular complexity index is 447. The minimum Gasteiger partial charge on any atom is -0.374 e. The molecule has 2 aromatic heterocycles. The van der Waals surface area contributed by atoms with Gasteiger partial charge >= 0.3 is 0 Å². The number of nitrogen functional groups attached to an aromatic ring is 1. The van der Waals surface area contributed by atoms with E-state index in [2.05, 4.69) is 29.1 Å². The summed E-state index contributed by atoms with van der Waals surface area (Å²) in [5, 5.41) is 13.4. The molecule has 1 atom stereocenters. The van der Waals surface area contributed by atoms with E-state index in [0.717, 1.165) is 17.1 Å². The highest BCUT2D eigenvalue weighted by molar-refractivity contribution is 7.18. The van der Waals surface area contributed by atoms with Crippen molar-refractivity contribution in [1.82, 2.24) is 20.0 Å². The van der Waals surface area contributed by atoms with Crippen molar-refractivity contribution in [3.8, 4) is 10.7 Å². The lowest BCUT2D eigenvalue weighted by Gasteiger charge is -2.07. The molecule has 0 radical (unpaired) electrons. The number of aromatic nitrogens is 4. The molecule has 2 heterocycles. The van der Waals surface area contributed by atoms with Crippen LogP contribution >= 0.6 is 11.3 Å². The van der Waals surface area contributed by atoms with Crippen LogP contribution in [0.1, 0.15) is 26.3 Å². The molecule has 2 N–H and O–H groups in total. The van der Waals surface area contributed by atoms with E-state index in [-0.39, 0.29) is 0 Å². The van der Waals surface area contributed by atoms with Crippen LogP contribution in [0.4, 0.5) is 5.13 Å². The quantitative estimate of drug-likeness (QED) is 0.863. The fourth-order valence-corrected chi connectivity index (χ4v) is 1.80. The molecule has 0 saturated heterocycles. The van der Waals surface area contributed by atoms with Crippen molar-refractivity contribution >= 4 is 16.5 Å².